The van der Waals surface area contributed by atoms with Gasteiger partial charge in [-0.05, 0) is 18.1 Å². The van der Waals surface area contributed by atoms with E-state index >= 15 is 0 Å². The molecule has 7 nitrogen and oxygen atoms in total. The molecule has 0 atom stereocenters. The Morgan fingerprint density at radius 2 is 1.68 bits per heavy atom. The van der Waals surface area contributed by atoms with Gasteiger partial charge in [0, 0.05) is 45.2 Å². The number of hydrogen-bond acceptors (Lipinski definition) is 5. The molecule has 1 aliphatic rings. The predicted octanol–water partition coefficient (Wildman–Crippen LogP) is 3.10. The van der Waals surface area contributed by atoms with Crippen LogP contribution in [0.15, 0.2) is 54.6 Å². The molecule has 0 bridgehead atoms. The number of piperazine rings is 1. The molecule has 3 rings (SSSR count). The van der Waals surface area contributed by atoms with Gasteiger partial charge in [-0.15, -0.1) is 0 Å². The number of para-hydroxylation sites is 2. The predicted molar refractivity (Wildman–Crippen MR) is 106 cm³/mol. The highest BCUT2D eigenvalue weighted by Gasteiger charge is 2.21. The van der Waals surface area contributed by atoms with Gasteiger partial charge in [0.15, 0.2) is 5.75 Å². The highest BCUT2D eigenvalue weighted by molar-refractivity contribution is 5.76. The van der Waals surface area contributed by atoms with E-state index in [0.717, 1.165) is 32.7 Å². The third kappa shape index (κ3) is 5.53. The third-order valence-electron chi connectivity index (χ3n) is 4.83. The maximum Gasteiger partial charge on any atom is 0.310 e. The summed E-state index contributed by atoms with van der Waals surface area (Å²) in [4.78, 5) is 27.2. The standard InChI is InChI=1S/C21H25N3O4/c25-21(11-6-16-28-20-10-5-4-9-19(20)24(26)27)23-14-12-22(13-15-23)17-18-7-2-1-3-8-18/h1-5,7-10H,6,11-17H2. The van der Waals surface area contributed by atoms with Crippen LogP contribution in [-0.2, 0) is 11.3 Å². The highest BCUT2D eigenvalue weighted by Crippen LogP contribution is 2.25. The summed E-state index contributed by atoms with van der Waals surface area (Å²) >= 11 is 0. The van der Waals surface area contributed by atoms with Crippen molar-refractivity contribution in [1.29, 1.82) is 0 Å². The zero-order chi connectivity index (χ0) is 19.8. The van der Waals surface area contributed by atoms with E-state index in [1.807, 2.05) is 23.1 Å². The third-order valence-corrected chi connectivity index (χ3v) is 4.83. The zero-order valence-corrected chi connectivity index (χ0v) is 15.8. The van der Waals surface area contributed by atoms with Gasteiger partial charge >= 0.3 is 5.69 Å². The normalized spacial score (nSPS) is 14.6. The topological polar surface area (TPSA) is 75.9 Å². The molecule has 28 heavy (non-hydrogen) atoms. The number of amides is 1. The summed E-state index contributed by atoms with van der Waals surface area (Å²) in [7, 11) is 0. The fourth-order valence-electron chi connectivity index (χ4n) is 3.29. The second kappa shape index (κ2) is 9.85. The van der Waals surface area contributed by atoms with Gasteiger partial charge in [0.05, 0.1) is 11.5 Å². The van der Waals surface area contributed by atoms with Gasteiger partial charge in [0.1, 0.15) is 0 Å². The second-order valence-electron chi connectivity index (χ2n) is 6.82. The largest absolute Gasteiger partial charge is 0.487 e. The molecule has 1 saturated heterocycles. The Labute approximate surface area is 164 Å². The van der Waals surface area contributed by atoms with Crippen molar-refractivity contribution in [2.45, 2.75) is 19.4 Å². The molecule has 7 heteroatoms. The fourth-order valence-corrected chi connectivity index (χ4v) is 3.29. The Bertz CT molecular complexity index is 789. The van der Waals surface area contributed by atoms with Crippen molar-refractivity contribution < 1.29 is 14.5 Å². The molecule has 0 aliphatic carbocycles. The first kappa shape index (κ1) is 19.8. The second-order valence-corrected chi connectivity index (χ2v) is 6.82. The number of nitrogens with zero attached hydrogens (tertiary/aromatic N) is 3. The summed E-state index contributed by atoms with van der Waals surface area (Å²) in [6.07, 6.45) is 0.925. The number of carbonyl (C=O) groups excluding carboxylic acids is 1. The van der Waals surface area contributed by atoms with Crippen molar-refractivity contribution in [3.05, 3.63) is 70.3 Å². The van der Waals surface area contributed by atoms with Crippen LogP contribution in [0.2, 0.25) is 0 Å². The number of rotatable bonds is 8. The van der Waals surface area contributed by atoms with Crippen molar-refractivity contribution in [2.24, 2.45) is 0 Å². The van der Waals surface area contributed by atoms with Crippen molar-refractivity contribution >= 4 is 11.6 Å². The summed E-state index contributed by atoms with van der Waals surface area (Å²) in [5.74, 6) is 0.361. The average Bonchev–Trinajstić information content (AvgIpc) is 2.72. The SMILES string of the molecule is O=C(CCCOc1ccccc1[N+](=O)[O-])N1CCN(Cc2ccccc2)CC1. The molecule has 0 aromatic heterocycles. The summed E-state index contributed by atoms with van der Waals surface area (Å²) in [6, 6.07) is 16.6. The Balaban J connectivity index is 1.36. The molecule has 2 aromatic carbocycles. The summed E-state index contributed by atoms with van der Waals surface area (Å²) in [5.41, 5.74) is 1.23. The Morgan fingerprint density at radius 3 is 2.39 bits per heavy atom. The minimum Gasteiger partial charge on any atom is -0.487 e. The Hall–Kier alpha value is -2.93. The minimum absolute atomic E-state index is 0.0524. The van der Waals surface area contributed by atoms with E-state index in [4.69, 9.17) is 4.74 Å². The van der Waals surface area contributed by atoms with Crippen molar-refractivity contribution in [3.8, 4) is 5.75 Å². The number of carbonyl (C=O) groups is 1. The first-order valence-electron chi connectivity index (χ1n) is 9.54. The molecule has 1 aliphatic heterocycles. The van der Waals surface area contributed by atoms with Gasteiger partial charge in [-0.1, -0.05) is 42.5 Å². The summed E-state index contributed by atoms with van der Waals surface area (Å²) < 4.78 is 5.50. The van der Waals surface area contributed by atoms with Gasteiger partial charge in [0.2, 0.25) is 5.91 Å². The lowest BCUT2D eigenvalue weighted by molar-refractivity contribution is -0.385. The van der Waals surface area contributed by atoms with Crippen LogP contribution in [0.5, 0.6) is 5.75 Å². The van der Waals surface area contributed by atoms with Crippen molar-refractivity contribution in [3.63, 3.8) is 0 Å². The maximum atomic E-state index is 12.4. The molecule has 1 heterocycles. The monoisotopic (exact) mass is 383 g/mol. The average molecular weight is 383 g/mol. The van der Waals surface area contributed by atoms with E-state index in [0.29, 0.717) is 12.8 Å². The molecule has 0 spiro atoms. The molecular weight excluding hydrogens is 358 g/mol. The lowest BCUT2D eigenvalue weighted by Gasteiger charge is -2.34. The molecule has 0 N–H and O–H groups in total. The molecule has 148 valence electrons. The Morgan fingerprint density at radius 1 is 1.00 bits per heavy atom. The van der Waals surface area contributed by atoms with E-state index in [-0.39, 0.29) is 24.0 Å². The highest BCUT2D eigenvalue weighted by atomic mass is 16.6. The van der Waals surface area contributed by atoms with E-state index in [9.17, 15) is 14.9 Å². The van der Waals surface area contributed by atoms with Crippen LogP contribution in [0.4, 0.5) is 5.69 Å². The van der Waals surface area contributed by atoms with Crippen LogP contribution in [0.25, 0.3) is 0 Å². The fraction of sp³-hybridized carbons (Fsp3) is 0.381. The molecule has 1 amide bonds. The number of hydrogen-bond donors (Lipinski definition) is 0. The van der Waals surface area contributed by atoms with E-state index in [2.05, 4.69) is 17.0 Å². The van der Waals surface area contributed by atoms with Gasteiger partial charge in [-0.2, -0.15) is 0 Å². The molecule has 2 aromatic rings. The molecular formula is C21H25N3O4. The first-order chi connectivity index (χ1) is 13.6. The van der Waals surface area contributed by atoms with E-state index in [1.54, 1.807) is 18.2 Å². The van der Waals surface area contributed by atoms with Gasteiger partial charge < -0.3 is 9.64 Å². The van der Waals surface area contributed by atoms with Gasteiger partial charge in [0.25, 0.3) is 0 Å². The lowest BCUT2D eigenvalue weighted by Crippen LogP contribution is -2.48. The van der Waals surface area contributed by atoms with Crippen LogP contribution in [0.1, 0.15) is 18.4 Å². The number of benzene rings is 2. The molecule has 0 unspecified atom stereocenters. The minimum atomic E-state index is -0.463. The van der Waals surface area contributed by atoms with Crippen LogP contribution in [0, 0.1) is 10.1 Å². The smallest absolute Gasteiger partial charge is 0.310 e. The quantitative estimate of drug-likeness (QED) is 0.398. The van der Waals surface area contributed by atoms with Crippen LogP contribution in [0.3, 0.4) is 0 Å². The molecule has 0 radical (unpaired) electrons. The van der Waals surface area contributed by atoms with Crippen molar-refractivity contribution in [1.82, 2.24) is 9.80 Å². The van der Waals surface area contributed by atoms with Crippen molar-refractivity contribution in [2.75, 3.05) is 32.8 Å². The Kier molecular flexibility index (Phi) is 6.97. The first-order valence-corrected chi connectivity index (χ1v) is 9.54. The van der Waals surface area contributed by atoms with E-state index < -0.39 is 4.92 Å². The van der Waals surface area contributed by atoms with Gasteiger partial charge in [-0.3, -0.25) is 19.8 Å². The summed E-state index contributed by atoms with van der Waals surface area (Å²) in [6.45, 7) is 4.39. The number of nitro groups is 1. The molecule has 0 saturated carbocycles. The lowest BCUT2D eigenvalue weighted by atomic mass is 10.2. The summed E-state index contributed by atoms with van der Waals surface area (Å²) in [5, 5.41) is 11.0. The number of nitro benzene ring substituents is 1. The van der Waals surface area contributed by atoms with Crippen LogP contribution in [-0.4, -0.2) is 53.4 Å². The number of ether oxygens (including phenoxy) is 1. The zero-order valence-electron chi connectivity index (χ0n) is 15.8. The maximum absolute atomic E-state index is 12.4. The van der Waals surface area contributed by atoms with Crippen LogP contribution < -0.4 is 4.74 Å². The van der Waals surface area contributed by atoms with Crippen LogP contribution >= 0.6 is 0 Å². The van der Waals surface area contributed by atoms with Gasteiger partial charge in [-0.25, -0.2) is 0 Å². The molecule has 1 fully saturated rings. The van der Waals surface area contributed by atoms with E-state index in [1.165, 1.54) is 11.6 Å².